The Bertz CT molecular complexity index is 1300. The molecule has 1 fully saturated rings. The summed E-state index contributed by atoms with van der Waals surface area (Å²) < 4.78 is 11.1. The third-order valence-electron chi connectivity index (χ3n) is 15.1. The highest BCUT2D eigenvalue weighted by Gasteiger charge is 2.44. The summed E-state index contributed by atoms with van der Waals surface area (Å²) in [5.41, 5.74) is 0. The summed E-state index contributed by atoms with van der Waals surface area (Å²) in [6.07, 6.45) is 53.5. The van der Waals surface area contributed by atoms with E-state index < -0.39 is 74.2 Å². The second-order valence-electron chi connectivity index (χ2n) is 22.1. The van der Waals surface area contributed by atoms with Crippen molar-refractivity contribution in [2.24, 2.45) is 0 Å². The Hall–Kier alpha value is -1.67. The molecule has 0 radical (unpaired) electrons. The molecular weight excluding hydrogens is 931 g/mol. The van der Waals surface area contributed by atoms with Crippen LogP contribution < -0.4 is 5.32 Å². The molecule has 9 unspecified atom stereocenters. The monoisotopic (exact) mass is 1050 g/mol. The molecule has 74 heavy (non-hydrogen) atoms. The van der Waals surface area contributed by atoms with Crippen LogP contribution in [-0.4, -0.2) is 110 Å². The van der Waals surface area contributed by atoms with Gasteiger partial charge in [-0.2, -0.15) is 0 Å². The Morgan fingerprint density at radius 2 is 0.811 bits per heavy atom. The molecule has 436 valence electrons. The lowest BCUT2D eigenvalue weighted by Gasteiger charge is -2.40. The van der Waals surface area contributed by atoms with E-state index in [1.165, 1.54) is 186 Å². The van der Waals surface area contributed by atoms with Crippen LogP contribution in [0.5, 0.6) is 0 Å². The van der Waals surface area contributed by atoms with E-state index >= 15 is 0 Å². The van der Waals surface area contributed by atoms with Gasteiger partial charge in [0.1, 0.15) is 36.6 Å². The van der Waals surface area contributed by atoms with Crippen LogP contribution in [0.15, 0.2) is 36.5 Å². The number of carbonyl (C=O) groups excluding carboxylic acids is 1. The zero-order valence-electron chi connectivity index (χ0n) is 47.8. The minimum atomic E-state index is -1.67. The van der Waals surface area contributed by atoms with Crippen molar-refractivity contribution in [1.29, 1.82) is 0 Å². The van der Waals surface area contributed by atoms with Gasteiger partial charge in [0, 0.05) is 0 Å². The summed E-state index contributed by atoms with van der Waals surface area (Å²) in [4.78, 5) is 13.2. The largest absolute Gasteiger partial charge is 0.394 e. The molecule has 0 aromatic rings. The van der Waals surface area contributed by atoms with Crippen molar-refractivity contribution in [1.82, 2.24) is 5.32 Å². The number of amides is 1. The van der Waals surface area contributed by atoms with Gasteiger partial charge in [-0.3, -0.25) is 4.79 Å². The lowest BCUT2D eigenvalue weighted by Crippen LogP contribution is -2.60. The highest BCUT2D eigenvalue weighted by molar-refractivity contribution is 5.80. The fourth-order valence-corrected chi connectivity index (χ4v) is 10.0. The maximum atomic E-state index is 13.2. The number of hydrogen-bond acceptors (Lipinski definition) is 10. The van der Waals surface area contributed by atoms with Gasteiger partial charge in [-0.05, 0) is 77.0 Å². The Labute approximate surface area is 454 Å². The van der Waals surface area contributed by atoms with E-state index in [0.717, 1.165) is 57.8 Å². The number of ether oxygens (including phenoxy) is 2. The molecule has 9 atom stereocenters. The van der Waals surface area contributed by atoms with Gasteiger partial charge in [-0.15, -0.1) is 0 Å². The normalized spacial score (nSPS) is 20.0. The van der Waals surface area contributed by atoms with Crippen molar-refractivity contribution >= 4 is 5.91 Å². The van der Waals surface area contributed by atoms with Crippen molar-refractivity contribution in [2.75, 3.05) is 13.2 Å². The number of allylic oxidation sites excluding steroid dienone is 6. The van der Waals surface area contributed by atoms with Gasteiger partial charge >= 0.3 is 0 Å². The first kappa shape index (κ1) is 70.3. The summed E-state index contributed by atoms with van der Waals surface area (Å²) >= 11 is 0. The quantitative estimate of drug-likeness (QED) is 0.0215. The highest BCUT2D eigenvalue weighted by Crippen LogP contribution is 2.23. The van der Waals surface area contributed by atoms with E-state index in [2.05, 4.69) is 55.6 Å². The van der Waals surface area contributed by atoms with Gasteiger partial charge in [0.2, 0.25) is 5.91 Å². The molecule has 1 aliphatic heterocycles. The van der Waals surface area contributed by atoms with Crippen LogP contribution in [0.4, 0.5) is 0 Å². The Kier molecular flexibility index (Phi) is 49.5. The second-order valence-corrected chi connectivity index (χ2v) is 22.1. The van der Waals surface area contributed by atoms with Crippen molar-refractivity contribution in [3.05, 3.63) is 36.5 Å². The maximum absolute atomic E-state index is 13.2. The molecule has 0 aliphatic carbocycles. The Morgan fingerprint density at radius 3 is 1.20 bits per heavy atom. The molecule has 11 nitrogen and oxygen atoms in total. The molecular formula is C63H119NO10. The van der Waals surface area contributed by atoms with Crippen LogP contribution in [0.2, 0.25) is 0 Å². The van der Waals surface area contributed by atoms with Crippen LogP contribution in [0.1, 0.15) is 290 Å². The molecule has 0 aromatic carbocycles. The Balaban J connectivity index is 2.30. The number of carbonyl (C=O) groups is 1. The van der Waals surface area contributed by atoms with Crippen LogP contribution in [0.3, 0.4) is 0 Å². The molecule has 1 aliphatic rings. The zero-order chi connectivity index (χ0) is 54.0. The van der Waals surface area contributed by atoms with E-state index in [9.17, 15) is 40.5 Å². The topological polar surface area (TPSA) is 189 Å². The standard InChI is InChI=1S/C63H119NO10/c1-3-5-7-9-11-13-15-17-19-21-23-25-26-27-28-29-30-31-33-34-36-38-40-42-44-46-48-50-55(66)58(68)54(53-73-63-61(71)60(70)59(69)57(52-65)74-63)64-62(72)56(67)51-49-47-45-43-41-39-37-35-32-24-22-20-18-16-14-12-10-8-6-4-2/h32,34-36,42,44,54-61,63,65-71H,3-31,33,37-41,43,45-53H2,1-2H3,(H,64,72)/b35-32-,36-34+,44-42+. The minimum absolute atomic E-state index is 0.244. The molecule has 1 heterocycles. The number of unbranched alkanes of at least 4 members (excludes halogenated alkanes) is 36. The third-order valence-corrected chi connectivity index (χ3v) is 15.1. The summed E-state index contributed by atoms with van der Waals surface area (Å²) in [5, 5.41) is 76.2. The van der Waals surface area contributed by atoms with E-state index in [-0.39, 0.29) is 12.8 Å². The van der Waals surface area contributed by atoms with E-state index in [1.54, 1.807) is 0 Å². The minimum Gasteiger partial charge on any atom is -0.394 e. The van der Waals surface area contributed by atoms with Gasteiger partial charge in [0.25, 0.3) is 0 Å². The molecule has 0 spiro atoms. The van der Waals surface area contributed by atoms with Crippen molar-refractivity contribution in [3.8, 4) is 0 Å². The fraction of sp³-hybridized carbons (Fsp3) is 0.889. The number of nitrogens with one attached hydrogen (secondary N) is 1. The van der Waals surface area contributed by atoms with Crippen molar-refractivity contribution in [2.45, 2.75) is 345 Å². The predicted molar refractivity (Wildman–Crippen MR) is 307 cm³/mol. The SMILES string of the molecule is CCCCCCCCCCCC/C=C\CCCCCCCCC(O)C(=O)NC(COC1OC(CO)C(O)C(O)C1O)C(O)C(O)CCC/C=C/CC/C=C/CCCCCCCCCCCCCCCCCCCC. The summed E-state index contributed by atoms with van der Waals surface area (Å²) in [5.74, 6) is -0.712. The predicted octanol–water partition coefficient (Wildman–Crippen LogP) is 13.9. The molecule has 1 rings (SSSR count). The number of rotatable bonds is 54. The molecule has 0 aromatic heterocycles. The molecule has 0 bridgehead atoms. The van der Waals surface area contributed by atoms with E-state index in [1.807, 2.05) is 0 Å². The lowest BCUT2D eigenvalue weighted by molar-refractivity contribution is -0.303. The van der Waals surface area contributed by atoms with Gasteiger partial charge < -0.3 is 50.5 Å². The van der Waals surface area contributed by atoms with E-state index in [4.69, 9.17) is 9.47 Å². The Morgan fingerprint density at radius 1 is 0.459 bits per heavy atom. The summed E-state index contributed by atoms with van der Waals surface area (Å²) in [7, 11) is 0. The summed E-state index contributed by atoms with van der Waals surface area (Å²) in [6.45, 7) is 3.47. The second kappa shape index (κ2) is 52.1. The van der Waals surface area contributed by atoms with Gasteiger partial charge in [0.15, 0.2) is 6.29 Å². The average Bonchev–Trinajstić information content (AvgIpc) is 3.40. The first-order valence-electron chi connectivity index (χ1n) is 31.4. The highest BCUT2D eigenvalue weighted by atomic mass is 16.7. The van der Waals surface area contributed by atoms with Crippen molar-refractivity contribution in [3.63, 3.8) is 0 Å². The van der Waals surface area contributed by atoms with Crippen LogP contribution in [0.25, 0.3) is 0 Å². The van der Waals surface area contributed by atoms with Gasteiger partial charge in [0.05, 0.1) is 25.4 Å². The number of aliphatic hydroxyl groups excluding tert-OH is 7. The number of aliphatic hydroxyl groups is 7. The molecule has 0 saturated carbocycles. The third kappa shape index (κ3) is 39.7. The van der Waals surface area contributed by atoms with Crippen molar-refractivity contribution < 1.29 is 50.0 Å². The first-order chi connectivity index (χ1) is 36.2. The zero-order valence-corrected chi connectivity index (χ0v) is 47.8. The lowest BCUT2D eigenvalue weighted by atomic mass is 9.98. The van der Waals surface area contributed by atoms with E-state index in [0.29, 0.717) is 19.3 Å². The smallest absolute Gasteiger partial charge is 0.249 e. The fourth-order valence-electron chi connectivity index (χ4n) is 10.0. The van der Waals surface area contributed by atoms with Crippen LogP contribution >= 0.6 is 0 Å². The molecule has 1 saturated heterocycles. The first-order valence-corrected chi connectivity index (χ1v) is 31.4. The van der Waals surface area contributed by atoms with Gasteiger partial charge in [-0.1, -0.05) is 249 Å². The molecule has 11 heteroatoms. The molecule has 8 N–H and O–H groups in total. The maximum Gasteiger partial charge on any atom is 0.249 e. The van der Waals surface area contributed by atoms with Crippen LogP contribution in [0, 0.1) is 0 Å². The number of hydrogen-bond donors (Lipinski definition) is 8. The van der Waals surface area contributed by atoms with Crippen LogP contribution in [-0.2, 0) is 14.3 Å². The average molecular weight is 1050 g/mol. The molecule has 1 amide bonds. The van der Waals surface area contributed by atoms with Gasteiger partial charge in [-0.25, -0.2) is 0 Å². The summed E-state index contributed by atoms with van der Waals surface area (Å²) in [6, 6.07) is -1.19.